The Morgan fingerprint density at radius 2 is 0.545 bits per heavy atom. The van der Waals surface area contributed by atoms with Gasteiger partial charge in [0.25, 0.3) is 0 Å². The van der Waals surface area contributed by atoms with Gasteiger partial charge in [0.15, 0.2) is 0 Å². The Kier molecular flexibility index (Phi) is 13.0. The first-order chi connectivity index (χ1) is 54.9. The molecule has 24 aromatic rings. The molecule has 112 heavy (non-hydrogen) atoms. The van der Waals surface area contributed by atoms with Gasteiger partial charge in [-0.05, 0) is 243 Å². The van der Waals surface area contributed by atoms with Crippen LogP contribution in [0, 0.1) is 0 Å². The zero-order valence-corrected chi connectivity index (χ0v) is 62.9. The van der Waals surface area contributed by atoms with Crippen LogP contribution in [0.15, 0.2) is 346 Å². The molecule has 0 spiro atoms. The first-order valence-electron chi connectivity index (χ1n) is 39.5. The summed E-state index contributed by atoms with van der Waals surface area (Å²) in [6.07, 6.45) is 0.906. The molecule has 6 aromatic heterocycles. The summed E-state index contributed by atoms with van der Waals surface area (Å²) < 4.78 is 10.2. The SMILES string of the molecule is CC(C)(C)c1ccc(-c2ccc3cc4c5c6c7ccccc7n(-c7ccccc7)c6cc6c7cc8ccc(-c9ccc(C(C)(C)Cc%10ccc(-c%11ccc%12cc%13c%14c%15c%16ccccc%16n(-c%16ccccc%16)c%15cc%15c%16cc%17ccc(-c%18ccccc%18)cc%17cc%16n(c%13cc%12c%11)c%15%14)cc%10)cc9)cc8cc7n(c4cc3c2)c65)cc1. The Labute approximate surface area is 646 Å². The van der Waals surface area contributed by atoms with E-state index in [4.69, 9.17) is 0 Å². The highest BCUT2D eigenvalue weighted by atomic mass is 15.0. The lowest BCUT2D eigenvalue weighted by Gasteiger charge is -2.26. The molecule has 0 fully saturated rings. The van der Waals surface area contributed by atoms with Crippen molar-refractivity contribution in [2.24, 2.45) is 0 Å². The fourth-order valence-corrected chi connectivity index (χ4v) is 19.9. The van der Waals surface area contributed by atoms with Gasteiger partial charge in [0.1, 0.15) is 0 Å². The Morgan fingerprint density at radius 3 is 0.946 bits per heavy atom. The predicted molar refractivity (Wildman–Crippen MR) is 478 cm³/mol. The number of rotatable bonds is 9. The molecular weight excluding hydrogens is 1350 g/mol. The van der Waals surface area contributed by atoms with E-state index < -0.39 is 0 Å². The molecule has 0 aliphatic heterocycles. The predicted octanol–water partition coefficient (Wildman–Crippen LogP) is 29.3. The van der Waals surface area contributed by atoms with Crippen LogP contribution in [0.1, 0.15) is 51.3 Å². The summed E-state index contributed by atoms with van der Waals surface area (Å²) >= 11 is 0. The summed E-state index contributed by atoms with van der Waals surface area (Å²) in [6, 6.07) is 131. The molecule has 6 heterocycles. The maximum Gasteiger partial charge on any atom is 0.0628 e. The molecule has 0 aliphatic carbocycles. The van der Waals surface area contributed by atoms with Gasteiger partial charge in [0.2, 0.25) is 0 Å². The molecule has 24 rings (SSSR count). The topological polar surface area (TPSA) is 18.7 Å². The second-order valence-corrected chi connectivity index (χ2v) is 33.4. The third-order valence-electron chi connectivity index (χ3n) is 25.4. The van der Waals surface area contributed by atoms with Crippen molar-refractivity contribution >= 4 is 163 Å². The van der Waals surface area contributed by atoms with E-state index in [0.29, 0.717) is 0 Å². The molecule has 526 valence electrons. The summed E-state index contributed by atoms with van der Waals surface area (Å²) in [6.45, 7) is 11.6. The fraction of sp³-hybridized carbons (Fsp3) is 0.0741. The molecule has 0 unspecified atom stereocenters. The molecule has 18 aromatic carbocycles. The van der Waals surface area contributed by atoms with E-state index in [-0.39, 0.29) is 10.8 Å². The molecule has 0 radical (unpaired) electrons. The summed E-state index contributed by atoms with van der Waals surface area (Å²) in [7, 11) is 0. The highest BCUT2D eigenvalue weighted by Crippen LogP contribution is 2.52. The van der Waals surface area contributed by atoms with Crippen LogP contribution in [-0.4, -0.2) is 17.9 Å². The van der Waals surface area contributed by atoms with Gasteiger partial charge in [0.05, 0.1) is 55.2 Å². The standard InChI is InChI=1S/C108H74N4/c1-107(2,3)81-45-41-67(42-46-81)71-36-40-76-56-92-98(60-80(76)52-71)112-96-58-78-51-72(34-38-74(78)54-88(96)90-62-100-102(104(92)106(90)112)86-26-16-18-28-94(86)110(100)84-23-13-8-14-24-84)68-43-47-82(48-44-68)108(4,5)63-64-29-31-66(32-30-64)70-35-39-75-55-91-97(59-79(75)50-70)111-95-57-77-49-69(65-19-9-6-10-20-65)33-37-73(77)53-87(95)89-61-99-101(103(91)105(89)111)85-25-15-17-27-93(85)109(99)83-21-11-7-12-22-83/h6-62H,63H2,1-5H3. The number of para-hydroxylation sites is 4. The molecular formula is C108H74N4. The minimum absolute atomic E-state index is 0.0880. The van der Waals surface area contributed by atoms with Crippen LogP contribution in [0.25, 0.3) is 219 Å². The number of nitrogens with zero attached hydrogens (tertiary/aromatic N) is 4. The van der Waals surface area contributed by atoms with Crippen molar-refractivity contribution in [3.63, 3.8) is 0 Å². The van der Waals surface area contributed by atoms with Gasteiger partial charge in [-0.25, -0.2) is 0 Å². The lowest BCUT2D eigenvalue weighted by atomic mass is 9.78. The molecule has 4 nitrogen and oxygen atoms in total. The van der Waals surface area contributed by atoms with Crippen LogP contribution in [0.4, 0.5) is 0 Å². The molecule has 0 saturated heterocycles. The first-order valence-corrected chi connectivity index (χ1v) is 39.5. The van der Waals surface area contributed by atoms with Crippen molar-refractivity contribution in [2.75, 3.05) is 0 Å². The third-order valence-corrected chi connectivity index (χ3v) is 25.4. The zero-order valence-electron chi connectivity index (χ0n) is 62.9. The Hall–Kier alpha value is -13.8. The van der Waals surface area contributed by atoms with Gasteiger partial charge in [-0.1, -0.05) is 259 Å². The van der Waals surface area contributed by atoms with Crippen LogP contribution in [0.5, 0.6) is 0 Å². The smallest absolute Gasteiger partial charge is 0.0628 e. The van der Waals surface area contributed by atoms with E-state index in [1.54, 1.807) is 0 Å². The lowest BCUT2D eigenvalue weighted by molar-refractivity contribution is 0.522. The first kappa shape index (κ1) is 63.2. The fourth-order valence-electron chi connectivity index (χ4n) is 19.9. The van der Waals surface area contributed by atoms with Crippen molar-refractivity contribution in [1.82, 2.24) is 17.9 Å². The molecule has 0 bridgehead atoms. The van der Waals surface area contributed by atoms with Crippen molar-refractivity contribution in [1.29, 1.82) is 0 Å². The number of aromatic nitrogens is 4. The maximum atomic E-state index is 2.60. The number of hydrogen-bond donors (Lipinski definition) is 0. The highest BCUT2D eigenvalue weighted by Gasteiger charge is 2.29. The summed E-state index contributed by atoms with van der Waals surface area (Å²) in [4.78, 5) is 0. The monoisotopic (exact) mass is 1430 g/mol. The minimum atomic E-state index is -0.123. The van der Waals surface area contributed by atoms with E-state index in [2.05, 4.69) is 398 Å². The van der Waals surface area contributed by atoms with Gasteiger partial charge in [-0.2, -0.15) is 0 Å². The largest absolute Gasteiger partial charge is 0.309 e. The van der Waals surface area contributed by atoms with Crippen LogP contribution in [-0.2, 0) is 17.3 Å². The molecule has 0 atom stereocenters. The van der Waals surface area contributed by atoms with Gasteiger partial charge in [0, 0.05) is 76.0 Å². The van der Waals surface area contributed by atoms with Crippen LogP contribution in [0.2, 0.25) is 0 Å². The maximum absolute atomic E-state index is 2.60. The van der Waals surface area contributed by atoms with Crippen LogP contribution in [0.3, 0.4) is 0 Å². The quantitative estimate of drug-likeness (QED) is 0.137. The Bertz CT molecular complexity index is 8080. The van der Waals surface area contributed by atoms with Crippen molar-refractivity contribution in [2.45, 2.75) is 51.9 Å². The van der Waals surface area contributed by atoms with Crippen molar-refractivity contribution in [3.05, 3.63) is 362 Å². The molecule has 0 amide bonds. The van der Waals surface area contributed by atoms with Crippen LogP contribution >= 0.6 is 0 Å². The zero-order chi connectivity index (χ0) is 74.1. The Morgan fingerprint density at radius 1 is 0.214 bits per heavy atom. The van der Waals surface area contributed by atoms with Crippen molar-refractivity contribution < 1.29 is 0 Å². The second kappa shape index (κ2) is 23.1. The molecule has 0 N–H and O–H groups in total. The normalized spacial score (nSPS) is 12.7. The number of hydrogen-bond acceptors (Lipinski definition) is 0. The van der Waals surface area contributed by atoms with Gasteiger partial charge < -0.3 is 17.9 Å². The summed E-state index contributed by atoms with van der Waals surface area (Å²) in [5.41, 5.74) is 28.4. The average molecular weight is 1430 g/mol. The second-order valence-electron chi connectivity index (χ2n) is 33.4. The molecule has 0 saturated carbocycles. The third kappa shape index (κ3) is 9.24. The minimum Gasteiger partial charge on any atom is -0.309 e. The van der Waals surface area contributed by atoms with E-state index in [1.165, 1.54) is 224 Å². The average Bonchev–Trinajstić information content (AvgIpc) is 1.52. The molecule has 4 heteroatoms. The number of fused-ring (bicyclic) bond motifs is 24. The molecule has 0 aliphatic rings. The van der Waals surface area contributed by atoms with E-state index in [0.717, 1.165) is 17.8 Å². The van der Waals surface area contributed by atoms with Gasteiger partial charge >= 0.3 is 0 Å². The Balaban J connectivity index is 0.573. The number of benzene rings is 18. The van der Waals surface area contributed by atoms with Crippen LogP contribution < -0.4 is 0 Å². The summed E-state index contributed by atoms with van der Waals surface area (Å²) in [5, 5.41) is 25.2. The van der Waals surface area contributed by atoms with E-state index in [9.17, 15) is 0 Å². The van der Waals surface area contributed by atoms with Gasteiger partial charge in [-0.15, -0.1) is 0 Å². The van der Waals surface area contributed by atoms with Crippen molar-refractivity contribution in [3.8, 4) is 55.9 Å². The van der Waals surface area contributed by atoms with E-state index >= 15 is 0 Å². The highest BCUT2D eigenvalue weighted by molar-refractivity contribution is 6.39. The van der Waals surface area contributed by atoms with Gasteiger partial charge in [-0.3, -0.25) is 0 Å². The summed E-state index contributed by atoms with van der Waals surface area (Å²) in [5.74, 6) is 0. The van der Waals surface area contributed by atoms with E-state index in [1.807, 2.05) is 0 Å². The lowest BCUT2D eigenvalue weighted by Crippen LogP contribution is -2.20.